The van der Waals surface area contributed by atoms with E-state index < -0.39 is 10.0 Å². The van der Waals surface area contributed by atoms with Gasteiger partial charge in [0.05, 0.1) is 18.5 Å². The molecular formula is C18H44N2O4S. The molecule has 2 fully saturated rings. The van der Waals surface area contributed by atoms with Crippen LogP contribution in [0.4, 0.5) is 0 Å². The first-order chi connectivity index (χ1) is 10.3. The molecule has 3 N–H and O–H groups in total. The van der Waals surface area contributed by atoms with E-state index in [2.05, 4.69) is 4.72 Å². The second-order valence-corrected chi connectivity index (χ2v) is 8.13. The van der Waals surface area contributed by atoms with E-state index in [-0.39, 0.29) is 40.5 Å². The predicted octanol–water partition coefficient (Wildman–Crippen LogP) is 3.30. The van der Waals surface area contributed by atoms with Crippen LogP contribution in [0, 0.1) is 0 Å². The molecule has 0 spiro atoms. The number of nitrogens with one attached hydrogen (secondary N) is 1. The first kappa shape index (κ1) is 29.5. The summed E-state index contributed by atoms with van der Waals surface area (Å²) < 4.78 is 35.2. The molecule has 7 heteroatoms. The first-order valence-corrected chi connectivity index (χ1v) is 10.1. The standard InChI is InChI=1S/C8H17NO3S.C7H15NO.3CH4/c1-7(9-13(2,10)11)8-5-3-4-6-12-8;1-6(8)7-4-2-3-5-9-7;;;/h7-9H,3-6H2,1-2H3;6-7H,2-5,8H2,1H3;3*1H4. The highest BCUT2D eigenvalue weighted by atomic mass is 32.2. The van der Waals surface area contributed by atoms with Gasteiger partial charge in [-0.15, -0.1) is 0 Å². The average molecular weight is 385 g/mol. The van der Waals surface area contributed by atoms with Crippen LogP contribution < -0.4 is 10.5 Å². The molecule has 0 bridgehead atoms. The predicted molar refractivity (Wildman–Crippen MR) is 108 cm³/mol. The van der Waals surface area contributed by atoms with Gasteiger partial charge >= 0.3 is 0 Å². The first-order valence-electron chi connectivity index (χ1n) is 8.25. The number of hydrogen-bond acceptors (Lipinski definition) is 5. The van der Waals surface area contributed by atoms with E-state index in [1.165, 1.54) is 19.1 Å². The summed E-state index contributed by atoms with van der Waals surface area (Å²) in [5.74, 6) is 0. The van der Waals surface area contributed by atoms with Crippen molar-refractivity contribution in [1.29, 1.82) is 0 Å². The Labute approximate surface area is 157 Å². The van der Waals surface area contributed by atoms with Gasteiger partial charge in [0, 0.05) is 25.3 Å². The molecule has 2 saturated heterocycles. The number of hydrogen-bond donors (Lipinski definition) is 2. The highest BCUT2D eigenvalue weighted by Crippen LogP contribution is 2.16. The van der Waals surface area contributed by atoms with Crippen LogP contribution in [0.3, 0.4) is 0 Å². The minimum absolute atomic E-state index is 0. The van der Waals surface area contributed by atoms with E-state index in [9.17, 15) is 8.42 Å². The van der Waals surface area contributed by atoms with Crippen LogP contribution >= 0.6 is 0 Å². The summed E-state index contributed by atoms with van der Waals surface area (Å²) in [5.41, 5.74) is 5.64. The zero-order valence-corrected chi connectivity index (χ0v) is 14.9. The van der Waals surface area contributed by atoms with Gasteiger partial charge < -0.3 is 15.2 Å². The lowest BCUT2D eigenvalue weighted by atomic mass is 10.0. The van der Waals surface area contributed by atoms with Gasteiger partial charge in [-0.05, 0) is 52.4 Å². The van der Waals surface area contributed by atoms with Crippen LogP contribution in [-0.2, 0) is 19.5 Å². The van der Waals surface area contributed by atoms with E-state index in [1.54, 1.807) is 0 Å². The molecule has 0 aromatic rings. The molecule has 6 nitrogen and oxygen atoms in total. The summed E-state index contributed by atoms with van der Waals surface area (Å²) in [5, 5.41) is 0. The molecule has 2 aliphatic rings. The summed E-state index contributed by atoms with van der Waals surface area (Å²) in [6, 6.07) is 0.0978. The van der Waals surface area contributed by atoms with Crippen molar-refractivity contribution in [2.45, 2.75) is 98.9 Å². The smallest absolute Gasteiger partial charge is 0.209 e. The minimum Gasteiger partial charge on any atom is -0.377 e. The second-order valence-electron chi connectivity index (χ2n) is 6.35. The maximum absolute atomic E-state index is 10.9. The van der Waals surface area contributed by atoms with Gasteiger partial charge in [-0.2, -0.15) is 0 Å². The lowest BCUT2D eigenvalue weighted by Gasteiger charge is -2.27. The molecule has 2 heterocycles. The van der Waals surface area contributed by atoms with Crippen molar-refractivity contribution < 1.29 is 17.9 Å². The lowest BCUT2D eigenvalue weighted by molar-refractivity contribution is 0.000851. The summed E-state index contributed by atoms with van der Waals surface area (Å²) in [4.78, 5) is 0. The maximum atomic E-state index is 10.9. The minimum atomic E-state index is -3.10. The van der Waals surface area contributed by atoms with E-state index in [4.69, 9.17) is 15.2 Å². The van der Waals surface area contributed by atoms with E-state index in [0.717, 1.165) is 38.9 Å². The van der Waals surface area contributed by atoms with Gasteiger partial charge in [-0.25, -0.2) is 13.1 Å². The molecule has 0 amide bonds. The lowest BCUT2D eigenvalue weighted by Crippen LogP contribution is -2.43. The summed E-state index contributed by atoms with van der Waals surface area (Å²) in [7, 11) is -3.10. The summed E-state index contributed by atoms with van der Waals surface area (Å²) in [6.45, 7) is 5.51. The van der Waals surface area contributed by atoms with Crippen molar-refractivity contribution in [3.05, 3.63) is 0 Å². The molecule has 4 unspecified atom stereocenters. The zero-order valence-electron chi connectivity index (χ0n) is 14.1. The van der Waals surface area contributed by atoms with Crippen LogP contribution in [-0.4, -0.2) is 52.2 Å². The number of nitrogens with two attached hydrogens (primary N) is 1. The fraction of sp³-hybridized carbons (Fsp3) is 1.00. The fourth-order valence-electron chi connectivity index (χ4n) is 2.75. The normalized spacial score (nSPS) is 25.6. The molecule has 0 aromatic heterocycles. The Morgan fingerprint density at radius 2 is 1.36 bits per heavy atom. The number of sulfonamides is 1. The van der Waals surface area contributed by atoms with Gasteiger partial charge in [0.2, 0.25) is 10.0 Å². The van der Waals surface area contributed by atoms with Crippen molar-refractivity contribution in [2.75, 3.05) is 19.5 Å². The van der Waals surface area contributed by atoms with Crippen molar-refractivity contribution in [1.82, 2.24) is 4.72 Å². The molecule has 25 heavy (non-hydrogen) atoms. The summed E-state index contributed by atoms with van der Waals surface area (Å²) >= 11 is 0. The third-order valence-corrected chi connectivity index (χ3v) is 4.77. The molecule has 4 atom stereocenters. The van der Waals surface area contributed by atoms with Gasteiger partial charge in [-0.1, -0.05) is 22.3 Å². The molecule has 2 aliphatic heterocycles. The largest absolute Gasteiger partial charge is 0.377 e. The topological polar surface area (TPSA) is 90.6 Å². The Kier molecular flexibility index (Phi) is 17.6. The van der Waals surface area contributed by atoms with E-state index in [0.29, 0.717) is 6.10 Å². The zero-order chi connectivity index (χ0) is 16.6. The molecule has 0 radical (unpaired) electrons. The Hall–Kier alpha value is -0.210. The van der Waals surface area contributed by atoms with Crippen LogP contribution in [0.25, 0.3) is 0 Å². The van der Waals surface area contributed by atoms with Gasteiger partial charge in [0.15, 0.2) is 0 Å². The van der Waals surface area contributed by atoms with Crippen molar-refractivity contribution >= 4 is 10.0 Å². The van der Waals surface area contributed by atoms with Crippen LogP contribution in [0.2, 0.25) is 0 Å². The third-order valence-electron chi connectivity index (χ3n) is 3.97. The Bertz CT molecular complexity index is 390. The monoisotopic (exact) mass is 384 g/mol. The van der Waals surface area contributed by atoms with E-state index in [1.807, 2.05) is 13.8 Å². The quantitative estimate of drug-likeness (QED) is 0.776. The van der Waals surface area contributed by atoms with Crippen molar-refractivity contribution in [3.63, 3.8) is 0 Å². The van der Waals surface area contributed by atoms with Crippen LogP contribution in [0.1, 0.15) is 74.7 Å². The van der Waals surface area contributed by atoms with Crippen LogP contribution in [0.15, 0.2) is 0 Å². The van der Waals surface area contributed by atoms with Crippen molar-refractivity contribution in [2.24, 2.45) is 5.73 Å². The van der Waals surface area contributed by atoms with E-state index >= 15 is 0 Å². The average Bonchev–Trinajstić information content (AvgIpc) is 2.48. The highest BCUT2D eigenvalue weighted by molar-refractivity contribution is 7.88. The Balaban J connectivity index is -0.000000362. The van der Waals surface area contributed by atoms with Gasteiger partial charge in [-0.3, -0.25) is 0 Å². The van der Waals surface area contributed by atoms with Gasteiger partial charge in [0.1, 0.15) is 0 Å². The number of ether oxygens (including phenoxy) is 2. The highest BCUT2D eigenvalue weighted by Gasteiger charge is 2.22. The maximum Gasteiger partial charge on any atom is 0.209 e. The molecule has 156 valence electrons. The molecule has 0 saturated carbocycles. The fourth-order valence-corrected chi connectivity index (χ4v) is 3.58. The summed E-state index contributed by atoms with van der Waals surface area (Å²) in [6.07, 6.45) is 8.35. The number of rotatable bonds is 4. The third kappa shape index (κ3) is 13.6. The molecular weight excluding hydrogens is 340 g/mol. The Morgan fingerprint density at radius 1 is 0.920 bits per heavy atom. The van der Waals surface area contributed by atoms with Crippen molar-refractivity contribution in [3.8, 4) is 0 Å². The molecule has 0 aliphatic carbocycles. The Morgan fingerprint density at radius 3 is 1.64 bits per heavy atom. The SMILES string of the molecule is C.C.C.CC(N)C1CCCCO1.CC(NS(C)(=O)=O)C1CCCCO1. The van der Waals surface area contributed by atoms with Gasteiger partial charge in [0.25, 0.3) is 0 Å². The molecule has 0 aromatic carbocycles. The second kappa shape index (κ2) is 14.9. The molecule has 2 rings (SSSR count). The van der Waals surface area contributed by atoms with Crippen LogP contribution in [0.5, 0.6) is 0 Å².